The van der Waals surface area contributed by atoms with E-state index in [0.29, 0.717) is 12.1 Å². The van der Waals surface area contributed by atoms with Crippen LogP contribution in [0.2, 0.25) is 0 Å². The molecule has 1 radical (unpaired) electrons. The van der Waals surface area contributed by atoms with E-state index in [-0.39, 0.29) is 80.5 Å². The molecule has 1 aliphatic heterocycles. The Morgan fingerprint density at radius 2 is 1.70 bits per heavy atom. The Kier molecular flexibility index (Phi) is 19.4. The van der Waals surface area contributed by atoms with Crippen molar-refractivity contribution in [2.24, 2.45) is 0 Å². The smallest absolute Gasteiger partial charge is 0.250 e. The molecule has 0 saturated heterocycles. The Balaban J connectivity index is -0.000000361. The van der Waals surface area contributed by atoms with Gasteiger partial charge in [0.1, 0.15) is 5.78 Å². The van der Waals surface area contributed by atoms with Crippen LogP contribution in [-0.2, 0) is 48.8 Å². The van der Waals surface area contributed by atoms with Crippen LogP contribution in [0.1, 0.15) is 40.2 Å². The molecule has 3 nitrogen and oxygen atoms in total. The van der Waals surface area contributed by atoms with Gasteiger partial charge < -0.3 is 19.8 Å². The van der Waals surface area contributed by atoms with E-state index in [2.05, 4.69) is 0 Å². The molecule has 0 aromatic heterocycles. The van der Waals surface area contributed by atoms with Gasteiger partial charge in [-0.2, -0.15) is 0 Å². The molecule has 0 aliphatic carbocycles. The van der Waals surface area contributed by atoms with Gasteiger partial charge in [0.15, 0.2) is 0 Å². The third kappa shape index (κ3) is 9.17. The molecule has 0 spiro atoms. The predicted octanol–water partition coefficient (Wildman–Crippen LogP) is 4.49. The number of nitrogens with zero attached hydrogens (tertiary/aromatic N) is 1. The number of hydrogen-bond donors (Lipinski definition) is 0. The number of carbonyl (C=O) groups is 2. The quantitative estimate of drug-likeness (QED) is 0.706. The fraction of sp³-hybridized carbons (Fsp3) is 0.368. The molecule has 0 bridgehead atoms. The van der Waals surface area contributed by atoms with Crippen molar-refractivity contribution in [2.75, 3.05) is 6.54 Å². The standard InChI is InChI=1S/C15H17NO2.2CH4.2CH3.Y/c1-12(17)10-14-8-5-9-16(15(14)18)11-13-6-3-2-4-7-13;;;;;/h2-4,6-8H,5,9-11H2,1H3;2*1H4;2*1H3;/q;;;2*-1;. The summed E-state index contributed by atoms with van der Waals surface area (Å²) < 4.78 is 0. The van der Waals surface area contributed by atoms with Crippen LogP contribution in [0, 0.1) is 14.9 Å². The van der Waals surface area contributed by atoms with Crippen LogP contribution in [0.5, 0.6) is 0 Å². The second-order valence-corrected chi connectivity index (χ2v) is 4.61. The average molecular weight is 394 g/mol. The normalized spacial score (nSPS) is 12.1. The summed E-state index contributed by atoms with van der Waals surface area (Å²) in [5.41, 5.74) is 1.76. The molecule has 4 heteroatoms. The molecule has 1 amide bonds. The molecule has 1 aliphatic rings. The summed E-state index contributed by atoms with van der Waals surface area (Å²) in [5.74, 6) is 0.0384. The van der Waals surface area contributed by atoms with Crippen molar-refractivity contribution in [3.05, 3.63) is 62.4 Å². The molecule has 129 valence electrons. The molecule has 1 aromatic rings. The maximum Gasteiger partial charge on any atom is 0.250 e. The van der Waals surface area contributed by atoms with Gasteiger partial charge in [-0.1, -0.05) is 51.3 Å². The summed E-state index contributed by atoms with van der Waals surface area (Å²) in [6, 6.07) is 9.92. The Labute approximate surface area is 168 Å². The zero-order valence-corrected chi connectivity index (χ0v) is 16.0. The minimum absolute atomic E-state index is 0. The summed E-state index contributed by atoms with van der Waals surface area (Å²) in [7, 11) is 0. The van der Waals surface area contributed by atoms with Crippen molar-refractivity contribution < 1.29 is 42.3 Å². The van der Waals surface area contributed by atoms with Crippen molar-refractivity contribution in [2.45, 2.75) is 41.2 Å². The van der Waals surface area contributed by atoms with Gasteiger partial charge in [-0.05, 0) is 18.9 Å². The first-order valence-electron chi connectivity index (χ1n) is 6.18. The van der Waals surface area contributed by atoms with E-state index in [0.717, 1.165) is 18.5 Å². The van der Waals surface area contributed by atoms with Crippen LogP contribution in [0.4, 0.5) is 0 Å². The van der Waals surface area contributed by atoms with Crippen LogP contribution in [0.15, 0.2) is 42.0 Å². The maximum atomic E-state index is 12.2. The molecule has 1 heterocycles. The number of Topliss-reactive ketones (excluding diaryl/α,β-unsaturated/α-hetero) is 1. The van der Waals surface area contributed by atoms with Crippen LogP contribution in [0.3, 0.4) is 0 Å². The van der Waals surface area contributed by atoms with Crippen molar-refractivity contribution in [1.29, 1.82) is 0 Å². The molecule has 0 saturated carbocycles. The number of hydrogen-bond acceptors (Lipinski definition) is 2. The van der Waals surface area contributed by atoms with Gasteiger partial charge >= 0.3 is 0 Å². The topological polar surface area (TPSA) is 37.4 Å². The van der Waals surface area contributed by atoms with Crippen LogP contribution >= 0.6 is 0 Å². The Morgan fingerprint density at radius 3 is 2.22 bits per heavy atom. The van der Waals surface area contributed by atoms with E-state index in [1.165, 1.54) is 6.92 Å². The van der Waals surface area contributed by atoms with Crippen molar-refractivity contribution in [1.82, 2.24) is 4.90 Å². The van der Waals surface area contributed by atoms with Crippen LogP contribution < -0.4 is 0 Å². The summed E-state index contributed by atoms with van der Waals surface area (Å²) in [4.78, 5) is 25.1. The monoisotopic (exact) mass is 394 g/mol. The number of rotatable bonds is 4. The molecule has 0 atom stereocenters. The van der Waals surface area contributed by atoms with Crippen LogP contribution in [0.25, 0.3) is 0 Å². The fourth-order valence-corrected chi connectivity index (χ4v) is 2.16. The zero-order valence-electron chi connectivity index (χ0n) is 13.1. The van der Waals surface area contributed by atoms with Gasteiger partial charge in [-0.15, -0.1) is 0 Å². The van der Waals surface area contributed by atoms with Crippen molar-refractivity contribution in [3.63, 3.8) is 0 Å². The Morgan fingerprint density at radius 1 is 1.13 bits per heavy atom. The first-order chi connectivity index (χ1) is 8.66. The van der Waals surface area contributed by atoms with Gasteiger partial charge in [0, 0.05) is 57.8 Å². The molecule has 0 N–H and O–H groups in total. The maximum absolute atomic E-state index is 12.2. The SMILES string of the molecule is C.C.CC(=O)CC1=CCCN(Cc2ccccc2)C1=O.[CH3-].[CH3-].[Y]. The average Bonchev–Trinajstić information content (AvgIpc) is 2.35. The minimum Gasteiger partial charge on any atom is -0.358 e. The molecular formula is C19H31NO2Y-2. The predicted molar refractivity (Wildman–Crippen MR) is 96.1 cm³/mol. The summed E-state index contributed by atoms with van der Waals surface area (Å²) in [6.07, 6.45) is 2.98. The van der Waals surface area contributed by atoms with E-state index >= 15 is 0 Å². The summed E-state index contributed by atoms with van der Waals surface area (Å²) in [5, 5.41) is 0. The van der Waals surface area contributed by atoms with E-state index in [4.69, 9.17) is 0 Å². The van der Waals surface area contributed by atoms with E-state index in [9.17, 15) is 9.59 Å². The first-order valence-corrected chi connectivity index (χ1v) is 6.18. The number of benzene rings is 1. The zero-order chi connectivity index (χ0) is 13.0. The number of ketones is 1. The molecule has 2 rings (SSSR count). The van der Waals surface area contributed by atoms with Gasteiger partial charge in [0.2, 0.25) is 5.91 Å². The molecule has 0 fully saturated rings. The molecule has 1 aromatic carbocycles. The summed E-state index contributed by atoms with van der Waals surface area (Å²) in [6.45, 7) is 2.87. The van der Waals surface area contributed by atoms with Crippen molar-refractivity contribution >= 4 is 11.7 Å². The summed E-state index contributed by atoms with van der Waals surface area (Å²) >= 11 is 0. The molecule has 0 unspecified atom stereocenters. The van der Waals surface area contributed by atoms with E-state index in [1.54, 1.807) is 0 Å². The molecule has 23 heavy (non-hydrogen) atoms. The van der Waals surface area contributed by atoms with Gasteiger partial charge in [0.05, 0.1) is 0 Å². The largest absolute Gasteiger partial charge is 0.358 e. The van der Waals surface area contributed by atoms with Crippen molar-refractivity contribution in [3.8, 4) is 0 Å². The number of amides is 1. The first kappa shape index (κ1) is 30.1. The van der Waals surface area contributed by atoms with Gasteiger partial charge in [-0.3, -0.25) is 9.59 Å². The third-order valence-electron chi connectivity index (χ3n) is 3.01. The molecular weight excluding hydrogens is 363 g/mol. The Hall–Kier alpha value is -0.796. The number of carbonyl (C=O) groups excluding carboxylic acids is 2. The van der Waals surface area contributed by atoms with Gasteiger partial charge in [0.25, 0.3) is 0 Å². The second kappa shape index (κ2) is 14.8. The van der Waals surface area contributed by atoms with Gasteiger partial charge in [-0.25, -0.2) is 0 Å². The van der Waals surface area contributed by atoms with E-state index in [1.807, 2.05) is 41.3 Å². The second-order valence-electron chi connectivity index (χ2n) is 4.61. The van der Waals surface area contributed by atoms with Crippen LogP contribution in [-0.4, -0.2) is 23.1 Å². The fourth-order valence-electron chi connectivity index (χ4n) is 2.16. The minimum atomic E-state index is 0. The third-order valence-corrected chi connectivity index (χ3v) is 3.01. The Bertz CT molecular complexity index is 483. The van der Waals surface area contributed by atoms with E-state index < -0.39 is 0 Å².